The predicted molar refractivity (Wildman–Crippen MR) is 67.7 cm³/mol. The van der Waals surface area contributed by atoms with Gasteiger partial charge in [0.15, 0.2) is 10.6 Å². The van der Waals surface area contributed by atoms with Crippen molar-refractivity contribution in [3.8, 4) is 11.5 Å². The Morgan fingerprint density at radius 3 is 2.18 bits per heavy atom. The lowest BCUT2D eigenvalue weighted by Crippen LogP contribution is -2.32. The third kappa shape index (κ3) is 3.03. The molecule has 22 heavy (non-hydrogen) atoms. The number of aromatic carboxylic acids is 1. The summed E-state index contributed by atoms with van der Waals surface area (Å²) in [6, 6.07) is 7.91. The zero-order valence-electron chi connectivity index (χ0n) is 10.5. The van der Waals surface area contributed by atoms with Crippen LogP contribution in [0, 0.1) is 0 Å². The number of halogens is 5. The number of thiophene rings is 1. The fraction of sp³-hybridized carbons (Fsp3) is 0.154. The van der Waals surface area contributed by atoms with E-state index in [-0.39, 0.29) is 17.1 Å². The smallest absolute Gasteiger partial charge is 0.458 e. The van der Waals surface area contributed by atoms with Gasteiger partial charge in [0.05, 0.1) is 4.88 Å². The van der Waals surface area contributed by atoms with Crippen molar-refractivity contribution in [1.82, 2.24) is 0 Å². The van der Waals surface area contributed by atoms with Crippen LogP contribution in [0.5, 0.6) is 11.5 Å². The highest BCUT2D eigenvalue weighted by Crippen LogP contribution is 2.49. The van der Waals surface area contributed by atoms with Gasteiger partial charge in [0.25, 0.3) is 0 Å². The first kappa shape index (κ1) is 16.2. The molecule has 0 saturated carbocycles. The maximum Gasteiger partial charge on any atom is 0.458 e. The molecule has 0 radical (unpaired) electrons. The molecule has 0 fully saturated rings. The van der Waals surface area contributed by atoms with Gasteiger partial charge in [0, 0.05) is 6.07 Å². The van der Waals surface area contributed by atoms with E-state index in [9.17, 15) is 26.7 Å². The maximum absolute atomic E-state index is 13.3. The van der Waals surface area contributed by atoms with E-state index < -0.39 is 33.6 Å². The lowest BCUT2D eigenvalue weighted by molar-refractivity contribution is -0.287. The lowest BCUT2D eigenvalue weighted by atomic mass is 10.2. The SMILES string of the molecule is O=C(O)c1sc(C(F)(F)C(F)(F)F)cc1Oc1ccccc1. The number of hydrogen-bond acceptors (Lipinski definition) is 3. The van der Waals surface area contributed by atoms with E-state index in [0.717, 1.165) is 0 Å². The standard InChI is InChI=1S/C13H7F5O3S/c14-12(15,13(16,17)18)9-6-8(10(22-9)11(19)20)21-7-4-2-1-3-5-7/h1-6H,(H,19,20). The Hall–Kier alpha value is -2.16. The van der Waals surface area contributed by atoms with Gasteiger partial charge in [-0.3, -0.25) is 0 Å². The van der Waals surface area contributed by atoms with E-state index in [1.165, 1.54) is 24.3 Å². The quantitative estimate of drug-likeness (QED) is 0.807. The van der Waals surface area contributed by atoms with Crippen molar-refractivity contribution in [2.24, 2.45) is 0 Å². The summed E-state index contributed by atoms with van der Waals surface area (Å²) in [7, 11) is 0. The molecule has 0 spiro atoms. The van der Waals surface area contributed by atoms with Crippen molar-refractivity contribution >= 4 is 17.3 Å². The van der Waals surface area contributed by atoms with Crippen LogP contribution < -0.4 is 4.74 Å². The molecule has 1 heterocycles. The van der Waals surface area contributed by atoms with Gasteiger partial charge in [-0.25, -0.2) is 4.79 Å². The first-order valence-corrected chi connectivity index (χ1v) is 6.49. The molecule has 0 saturated heterocycles. The molecule has 1 aromatic heterocycles. The Morgan fingerprint density at radius 2 is 1.68 bits per heavy atom. The fourth-order valence-corrected chi connectivity index (χ4v) is 2.43. The molecule has 2 aromatic rings. The molecule has 0 atom stereocenters. The molecule has 3 nitrogen and oxygen atoms in total. The monoisotopic (exact) mass is 338 g/mol. The highest BCUT2D eigenvalue weighted by molar-refractivity contribution is 7.14. The van der Waals surface area contributed by atoms with Gasteiger partial charge >= 0.3 is 18.1 Å². The van der Waals surface area contributed by atoms with Crippen molar-refractivity contribution in [3.63, 3.8) is 0 Å². The van der Waals surface area contributed by atoms with Crippen molar-refractivity contribution in [3.05, 3.63) is 46.2 Å². The highest BCUT2D eigenvalue weighted by Gasteiger charge is 2.60. The molecule has 0 aliphatic heterocycles. The van der Waals surface area contributed by atoms with Gasteiger partial charge in [-0.2, -0.15) is 22.0 Å². The van der Waals surface area contributed by atoms with Gasteiger partial charge in [0.1, 0.15) is 5.75 Å². The largest absolute Gasteiger partial charge is 0.477 e. The zero-order valence-corrected chi connectivity index (χ0v) is 11.3. The number of alkyl halides is 5. The van der Waals surface area contributed by atoms with E-state index >= 15 is 0 Å². The average Bonchev–Trinajstić information content (AvgIpc) is 2.83. The van der Waals surface area contributed by atoms with Crippen LogP contribution >= 0.6 is 11.3 Å². The minimum atomic E-state index is -5.82. The summed E-state index contributed by atoms with van der Waals surface area (Å²) in [5, 5.41) is 8.93. The van der Waals surface area contributed by atoms with Crippen LogP contribution in [0.15, 0.2) is 36.4 Å². The van der Waals surface area contributed by atoms with Gasteiger partial charge < -0.3 is 9.84 Å². The van der Waals surface area contributed by atoms with E-state index in [2.05, 4.69) is 0 Å². The van der Waals surface area contributed by atoms with Crippen LogP contribution in [0.4, 0.5) is 22.0 Å². The first-order chi connectivity index (χ1) is 10.1. The van der Waals surface area contributed by atoms with Crippen molar-refractivity contribution in [1.29, 1.82) is 0 Å². The zero-order chi connectivity index (χ0) is 16.5. The molecule has 0 aliphatic rings. The summed E-state index contributed by atoms with van der Waals surface area (Å²) in [5.74, 6) is -7.26. The van der Waals surface area contributed by atoms with Gasteiger partial charge in [-0.1, -0.05) is 18.2 Å². The van der Waals surface area contributed by atoms with Gasteiger partial charge in [0.2, 0.25) is 0 Å². The summed E-state index contributed by atoms with van der Waals surface area (Å²) < 4.78 is 68.7. The maximum atomic E-state index is 13.3. The Labute approximate surface area is 124 Å². The van der Waals surface area contributed by atoms with Crippen LogP contribution in [0.2, 0.25) is 0 Å². The van der Waals surface area contributed by atoms with Gasteiger partial charge in [-0.15, -0.1) is 11.3 Å². The Balaban J connectivity index is 2.45. The van der Waals surface area contributed by atoms with Crippen molar-refractivity contribution in [2.45, 2.75) is 12.1 Å². The molecule has 0 bridgehead atoms. The summed E-state index contributed by atoms with van der Waals surface area (Å²) in [6.07, 6.45) is -5.82. The Kier molecular flexibility index (Phi) is 4.10. The summed E-state index contributed by atoms with van der Waals surface area (Å²) >= 11 is -0.174. The second-order valence-corrected chi connectivity index (χ2v) is 5.15. The minimum absolute atomic E-state index is 0.115. The van der Waals surface area contributed by atoms with Crippen molar-refractivity contribution < 1.29 is 36.6 Å². The van der Waals surface area contributed by atoms with E-state index in [0.29, 0.717) is 6.07 Å². The third-order valence-corrected chi connectivity index (χ3v) is 3.70. The first-order valence-electron chi connectivity index (χ1n) is 5.68. The van der Waals surface area contributed by atoms with Crippen LogP contribution in [0.1, 0.15) is 14.5 Å². The Morgan fingerprint density at radius 1 is 1.09 bits per heavy atom. The molecule has 2 rings (SSSR count). The van der Waals surface area contributed by atoms with Crippen LogP contribution in [-0.2, 0) is 5.92 Å². The fourth-order valence-electron chi connectivity index (χ4n) is 1.51. The van der Waals surface area contributed by atoms with E-state index in [4.69, 9.17) is 9.84 Å². The highest BCUT2D eigenvalue weighted by atomic mass is 32.1. The molecule has 0 unspecified atom stereocenters. The number of hydrogen-bond donors (Lipinski definition) is 1. The van der Waals surface area contributed by atoms with Crippen LogP contribution in [0.3, 0.4) is 0 Å². The summed E-state index contributed by atoms with van der Waals surface area (Å²) in [5.41, 5.74) is 0. The molecule has 1 aromatic carbocycles. The molecule has 1 N–H and O–H groups in total. The minimum Gasteiger partial charge on any atom is -0.477 e. The van der Waals surface area contributed by atoms with E-state index in [1.807, 2.05) is 0 Å². The van der Waals surface area contributed by atoms with Gasteiger partial charge in [-0.05, 0) is 12.1 Å². The number of carboxylic acids is 1. The molecular formula is C13H7F5O3S. The predicted octanol–water partition coefficient (Wildman–Crippen LogP) is 4.89. The third-order valence-electron chi connectivity index (χ3n) is 2.53. The van der Waals surface area contributed by atoms with Crippen LogP contribution in [0.25, 0.3) is 0 Å². The number of carboxylic acid groups (broad SMARTS) is 1. The second kappa shape index (κ2) is 5.56. The molecule has 0 amide bonds. The second-order valence-electron chi connectivity index (χ2n) is 4.10. The molecule has 9 heteroatoms. The molecule has 118 valence electrons. The number of ether oxygens (including phenoxy) is 1. The van der Waals surface area contributed by atoms with Crippen LogP contribution in [-0.4, -0.2) is 17.3 Å². The number of benzene rings is 1. The molecule has 0 aliphatic carbocycles. The summed E-state index contributed by atoms with van der Waals surface area (Å²) in [6.45, 7) is 0. The average molecular weight is 338 g/mol. The number of para-hydroxylation sites is 1. The van der Waals surface area contributed by atoms with E-state index in [1.54, 1.807) is 6.07 Å². The molecular weight excluding hydrogens is 331 g/mol. The topological polar surface area (TPSA) is 46.5 Å². The Bertz CT molecular complexity index is 679. The number of carbonyl (C=O) groups is 1. The van der Waals surface area contributed by atoms with Crippen molar-refractivity contribution in [2.75, 3.05) is 0 Å². The summed E-state index contributed by atoms with van der Waals surface area (Å²) in [4.78, 5) is 8.83. The number of rotatable bonds is 4. The lowest BCUT2D eigenvalue weighted by Gasteiger charge is -2.17. The normalized spacial score (nSPS) is 12.2.